The largest absolute Gasteiger partial charge is 0.310 e. The van der Waals surface area contributed by atoms with Gasteiger partial charge >= 0.3 is 0 Å². The van der Waals surface area contributed by atoms with Crippen molar-refractivity contribution in [2.75, 3.05) is 4.90 Å². The van der Waals surface area contributed by atoms with Crippen molar-refractivity contribution in [1.82, 2.24) is 4.57 Å². The molecule has 2 nitrogen and oxygen atoms in total. The second kappa shape index (κ2) is 18.7. The SMILES string of the molecule is c1ccc(-n2c3ccc(-c4ccc(N(c5ccc(-c6cccc7ccccc67)cc5)c5ccc6c(c5)C5(c7ccccc7-c7ccccc75)c5ccccc5-6)cc4)cc3c3cc(C4(c5ccccc5)c5ccccc5-c5ccccc54)ccc32)cc1. The normalized spacial score (nSPS) is 13.5. The summed E-state index contributed by atoms with van der Waals surface area (Å²) in [4.78, 5) is 2.46. The molecule has 14 aromatic carbocycles. The number of aromatic nitrogens is 1. The first-order chi connectivity index (χ1) is 42.7. The highest BCUT2D eigenvalue weighted by molar-refractivity contribution is 6.11. The number of para-hydroxylation sites is 1. The van der Waals surface area contributed by atoms with Gasteiger partial charge < -0.3 is 9.47 Å². The van der Waals surface area contributed by atoms with Crippen molar-refractivity contribution in [2.24, 2.45) is 0 Å². The summed E-state index contributed by atoms with van der Waals surface area (Å²) >= 11 is 0. The average molecular weight is 1090 g/mol. The second-order valence-electron chi connectivity index (χ2n) is 23.4. The Labute approximate surface area is 500 Å². The lowest BCUT2D eigenvalue weighted by molar-refractivity contribution is 0.770. The minimum absolute atomic E-state index is 0.472. The van der Waals surface area contributed by atoms with Crippen LogP contribution >= 0.6 is 0 Å². The summed E-state index contributed by atoms with van der Waals surface area (Å²) < 4.78 is 2.44. The Bertz CT molecular complexity index is 5110. The van der Waals surface area contributed by atoms with Gasteiger partial charge in [0.2, 0.25) is 0 Å². The van der Waals surface area contributed by atoms with Crippen LogP contribution in [0.2, 0.25) is 0 Å². The molecule has 0 saturated carbocycles. The standard InChI is InChI=1S/C84H54N2/c1-3-22-59(23-4-1)83(75-33-14-9-27-67(75)68-28-10-15-34-76(68)83)60-43-51-82-74(53-60)73-52-58(42-50-81(73)86(82)61-24-5-2-6-25-61)55-38-44-62(45-39-55)85(63-46-40-57(41-47-63)66-32-19-21-56-20-7-8-26-65(56)66)64-48-49-72-71-31-13-18-37-79(71)84(80(72)54-64)77-35-16-11-29-69(77)70-30-12-17-36-78(70)84/h1-54H. The van der Waals surface area contributed by atoms with Crippen molar-refractivity contribution in [2.45, 2.75) is 10.8 Å². The highest BCUT2D eigenvalue weighted by Gasteiger charge is 2.52. The molecule has 0 amide bonds. The van der Waals surface area contributed by atoms with Gasteiger partial charge in [0, 0.05) is 33.5 Å². The zero-order valence-electron chi connectivity index (χ0n) is 47.1. The van der Waals surface area contributed by atoms with Gasteiger partial charge in [0.25, 0.3) is 0 Å². The van der Waals surface area contributed by atoms with E-state index in [0.29, 0.717) is 0 Å². The molecule has 3 aliphatic rings. The Hall–Kier alpha value is -11.1. The maximum atomic E-state index is 2.50. The molecule has 15 aromatic rings. The molecule has 400 valence electrons. The van der Waals surface area contributed by atoms with Crippen molar-refractivity contribution in [3.05, 3.63) is 372 Å². The van der Waals surface area contributed by atoms with Crippen molar-refractivity contribution in [3.63, 3.8) is 0 Å². The Kier molecular flexibility index (Phi) is 10.6. The van der Waals surface area contributed by atoms with Crippen LogP contribution in [0.1, 0.15) is 44.5 Å². The highest BCUT2D eigenvalue weighted by atomic mass is 15.1. The van der Waals surface area contributed by atoms with Gasteiger partial charge in [-0.3, -0.25) is 0 Å². The number of hydrogen-bond donors (Lipinski definition) is 0. The molecule has 0 fully saturated rings. The zero-order valence-corrected chi connectivity index (χ0v) is 47.1. The Morgan fingerprint density at radius 1 is 0.233 bits per heavy atom. The summed E-state index contributed by atoms with van der Waals surface area (Å²) in [6.07, 6.45) is 0. The topological polar surface area (TPSA) is 8.17 Å². The number of fused-ring (bicyclic) bond motifs is 17. The van der Waals surface area contributed by atoms with E-state index in [0.717, 1.165) is 33.9 Å². The van der Waals surface area contributed by atoms with E-state index in [2.05, 4.69) is 337 Å². The summed E-state index contributed by atoms with van der Waals surface area (Å²) in [6.45, 7) is 0. The minimum Gasteiger partial charge on any atom is -0.310 e. The fourth-order valence-electron chi connectivity index (χ4n) is 15.7. The van der Waals surface area contributed by atoms with Crippen LogP contribution < -0.4 is 4.90 Å². The predicted molar refractivity (Wildman–Crippen MR) is 357 cm³/mol. The smallest absolute Gasteiger partial charge is 0.0726 e. The molecule has 0 atom stereocenters. The van der Waals surface area contributed by atoms with Gasteiger partial charge in [-0.05, 0) is 184 Å². The fraction of sp³-hybridized carbons (Fsp3) is 0.0238. The van der Waals surface area contributed by atoms with Gasteiger partial charge in [0.15, 0.2) is 0 Å². The predicted octanol–water partition coefficient (Wildman–Crippen LogP) is 21.4. The molecule has 2 heteroatoms. The van der Waals surface area contributed by atoms with Crippen LogP contribution in [0.5, 0.6) is 0 Å². The first-order valence-electron chi connectivity index (χ1n) is 30.0. The number of hydrogen-bond acceptors (Lipinski definition) is 1. The van der Waals surface area contributed by atoms with Crippen LogP contribution in [0, 0.1) is 0 Å². The molecule has 0 saturated heterocycles. The van der Waals surface area contributed by atoms with Gasteiger partial charge in [0.05, 0.1) is 21.9 Å². The van der Waals surface area contributed by atoms with Crippen molar-refractivity contribution >= 4 is 49.6 Å². The van der Waals surface area contributed by atoms with E-state index in [-0.39, 0.29) is 0 Å². The number of anilines is 3. The maximum absolute atomic E-state index is 2.50. The summed E-state index contributed by atoms with van der Waals surface area (Å²) in [7, 11) is 0. The van der Waals surface area contributed by atoms with Gasteiger partial charge in [-0.1, -0.05) is 255 Å². The molecule has 3 aliphatic carbocycles. The molecule has 1 spiro atoms. The molecule has 0 bridgehead atoms. The van der Waals surface area contributed by atoms with Crippen molar-refractivity contribution < 1.29 is 0 Å². The quantitative estimate of drug-likeness (QED) is 0.147. The minimum atomic E-state index is -0.519. The Morgan fingerprint density at radius 2 is 0.663 bits per heavy atom. The van der Waals surface area contributed by atoms with Gasteiger partial charge in [-0.25, -0.2) is 0 Å². The molecule has 18 rings (SSSR count). The first-order valence-corrected chi connectivity index (χ1v) is 30.0. The lowest BCUT2D eigenvalue weighted by Gasteiger charge is -2.34. The molecule has 1 heterocycles. The van der Waals surface area contributed by atoms with Crippen LogP contribution in [-0.4, -0.2) is 4.57 Å². The number of nitrogens with zero attached hydrogens (tertiary/aromatic N) is 2. The number of rotatable bonds is 8. The summed E-state index contributed by atoms with van der Waals surface area (Å²) in [5.74, 6) is 0. The second-order valence-corrected chi connectivity index (χ2v) is 23.4. The Balaban J connectivity index is 0.806. The van der Waals surface area contributed by atoms with Crippen LogP contribution in [0.15, 0.2) is 328 Å². The third kappa shape index (κ3) is 6.78. The van der Waals surface area contributed by atoms with E-state index >= 15 is 0 Å². The van der Waals surface area contributed by atoms with Gasteiger partial charge in [-0.15, -0.1) is 0 Å². The molecule has 1 aromatic heterocycles. The third-order valence-corrected chi connectivity index (χ3v) is 19.3. The lowest BCUT2D eigenvalue weighted by Crippen LogP contribution is -2.28. The third-order valence-electron chi connectivity index (χ3n) is 19.3. The summed E-state index contributed by atoms with van der Waals surface area (Å²) in [5.41, 5.74) is 28.7. The van der Waals surface area contributed by atoms with Gasteiger partial charge in [0.1, 0.15) is 0 Å². The lowest BCUT2D eigenvalue weighted by atomic mass is 9.67. The monoisotopic (exact) mass is 1090 g/mol. The highest BCUT2D eigenvalue weighted by Crippen LogP contribution is 2.64. The first kappa shape index (κ1) is 48.5. The van der Waals surface area contributed by atoms with Crippen LogP contribution in [0.4, 0.5) is 17.1 Å². The summed E-state index contributed by atoms with van der Waals surface area (Å²) in [5, 5.41) is 4.92. The molecule has 0 aliphatic heterocycles. The van der Waals surface area contributed by atoms with E-state index in [9.17, 15) is 0 Å². The molecule has 0 N–H and O–H groups in total. The van der Waals surface area contributed by atoms with Crippen molar-refractivity contribution in [1.29, 1.82) is 0 Å². The van der Waals surface area contributed by atoms with Crippen LogP contribution in [0.3, 0.4) is 0 Å². The Morgan fingerprint density at radius 3 is 1.26 bits per heavy atom. The van der Waals surface area contributed by atoms with Crippen LogP contribution in [0.25, 0.3) is 93.9 Å². The van der Waals surface area contributed by atoms with E-state index < -0.39 is 10.8 Å². The number of benzene rings is 14. The van der Waals surface area contributed by atoms with Crippen LogP contribution in [-0.2, 0) is 10.8 Å². The van der Waals surface area contributed by atoms with E-state index in [4.69, 9.17) is 0 Å². The van der Waals surface area contributed by atoms with Crippen molar-refractivity contribution in [3.8, 4) is 61.3 Å². The average Bonchev–Trinajstić information content (AvgIpc) is 1.54. The van der Waals surface area contributed by atoms with Gasteiger partial charge in [-0.2, -0.15) is 0 Å². The maximum Gasteiger partial charge on any atom is 0.0726 e. The summed E-state index contributed by atoms with van der Waals surface area (Å²) in [6, 6.07) is 123. The van der Waals surface area contributed by atoms with E-state index in [1.54, 1.807) is 0 Å². The van der Waals surface area contributed by atoms with E-state index in [1.165, 1.54) is 122 Å². The zero-order chi connectivity index (χ0) is 56.5. The van der Waals surface area contributed by atoms with E-state index in [1.807, 2.05) is 0 Å². The molecule has 0 unspecified atom stereocenters. The molecule has 0 radical (unpaired) electrons. The molecular weight excluding hydrogens is 1040 g/mol. The fourth-order valence-corrected chi connectivity index (χ4v) is 15.7. The molecular formula is C84H54N2. The molecule has 86 heavy (non-hydrogen) atoms.